The van der Waals surface area contributed by atoms with Gasteiger partial charge in [0.2, 0.25) is 0 Å². The van der Waals surface area contributed by atoms with Crippen LogP contribution >= 0.6 is 0 Å². The molecule has 4 fully saturated rings. The van der Waals surface area contributed by atoms with E-state index in [9.17, 15) is 15.0 Å². The largest absolute Gasteiger partial charge is 0.462 e. The third-order valence-corrected chi connectivity index (χ3v) is 12.3. The maximum atomic E-state index is 12.7. The summed E-state index contributed by atoms with van der Waals surface area (Å²) in [4.78, 5) is 12.7. The van der Waals surface area contributed by atoms with Gasteiger partial charge in [0, 0.05) is 0 Å². The first kappa shape index (κ1) is 28.4. The molecule has 0 aliphatic heterocycles. The first-order valence-corrected chi connectivity index (χ1v) is 15.4. The summed E-state index contributed by atoms with van der Waals surface area (Å²) < 4.78 is 5.88. The van der Waals surface area contributed by atoms with Gasteiger partial charge in [-0.25, -0.2) is 0 Å². The van der Waals surface area contributed by atoms with E-state index < -0.39 is 11.4 Å². The molecule has 4 rings (SSSR count). The lowest BCUT2D eigenvalue weighted by molar-refractivity contribution is -0.176. The summed E-state index contributed by atoms with van der Waals surface area (Å²) in [6.07, 6.45) is 15.4. The van der Waals surface area contributed by atoms with Crippen molar-refractivity contribution in [3.8, 4) is 0 Å². The summed E-state index contributed by atoms with van der Waals surface area (Å²) >= 11 is 0. The van der Waals surface area contributed by atoms with Crippen LogP contribution in [0.4, 0.5) is 0 Å². The highest BCUT2D eigenvalue weighted by Crippen LogP contribution is 2.68. The van der Waals surface area contributed by atoms with E-state index in [1.54, 1.807) is 6.92 Å². The van der Waals surface area contributed by atoms with Crippen molar-refractivity contribution < 1.29 is 19.7 Å². The molecule has 2 N–H and O–H groups in total. The molecule has 0 aromatic heterocycles. The highest BCUT2D eigenvalue weighted by atomic mass is 16.5. The normalized spacial score (nSPS) is 41.4. The van der Waals surface area contributed by atoms with Gasteiger partial charge in [-0.3, -0.25) is 4.79 Å². The number of esters is 1. The minimum Gasteiger partial charge on any atom is -0.462 e. The summed E-state index contributed by atoms with van der Waals surface area (Å²) in [6.45, 7) is 13.4. The summed E-state index contributed by atoms with van der Waals surface area (Å²) in [5, 5.41) is 19.2. The number of fused-ring (bicyclic) bond motifs is 5. The summed E-state index contributed by atoms with van der Waals surface area (Å²) in [7, 11) is 0. The van der Waals surface area contributed by atoms with E-state index in [4.69, 9.17) is 4.74 Å². The maximum Gasteiger partial charge on any atom is 0.316 e. The number of aliphatic hydroxyl groups excluding tert-OH is 2. The molecule has 0 spiro atoms. The zero-order chi connectivity index (χ0) is 26.3. The number of rotatable bonds is 9. The van der Waals surface area contributed by atoms with Crippen LogP contribution in [-0.2, 0) is 9.53 Å². The van der Waals surface area contributed by atoms with Crippen molar-refractivity contribution in [1.82, 2.24) is 0 Å². The van der Waals surface area contributed by atoms with E-state index in [1.165, 1.54) is 57.8 Å². The number of hydrogen-bond acceptors (Lipinski definition) is 4. The van der Waals surface area contributed by atoms with Crippen molar-refractivity contribution in [2.45, 2.75) is 125 Å². The Labute approximate surface area is 221 Å². The minimum atomic E-state index is -1.20. The topological polar surface area (TPSA) is 66.8 Å². The fraction of sp³-hybridized carbons (Fsp3) is 0.969. The second-order valence-corrected chi connectivity index (χ2v) is 14.9. The van der Waals surface area contributed by atoms with E-state index in [1.807, 2.05) is 0 Å². The zero-order valence-corrected chi connectivity index (χ0v) is 24.2. The maximum absolute atomic E-state index is 12.7. The standard InChI is InChI=1S/C32H56O4/c1-21(2)8-7-9-22(3)26-12-13-27-25-11-10-23-18-24(36-29(35)30(4,19-33)20-34)14-16-31(23,5)28(25)15-17-32(26,27)6/h21-28,33-34H,7-20H2,1-6H3/t22-,23-,24-,25?,26-,27?,28?,31+,32-/m1/s1. The third-order valence-electron chi connectivity index (χ3n) is 12.3. The van der Waals surface area contributed by atoms with Gasteiger partial charge in [-0.05, 0) is 117 Å². The van der Waals surface area contributed by atoms with Crippen LogP contribution < -0.4 is 0 Å². The van der Waals surface area contributed by atoms with Crippen molar-refractivity contribution in [3.05, 3.63) is 0 Å². The summed E-state index contributed by atoms with van der Waals surface area (Å²) in [6, 6.07) is 0. The van der Waals surface area contributed by atoms with Crippen LogP contribution in [0.1, 0.15) is 119 Å². The highest BCUT2D eigenvalue weighted by Gasteiger charge is 2.60. The predicted octanol–water partition coefficient (Wildman–Crippen LogP) is 7.01. The molecular weight excluding hydrogens is 448 g/mol. The lowest BCUT2D eigenvalue weighted by Gasteiger charge is -2.61. The molecule has 3 unspecified atom stereocenters. The second kappa shape index (κ2) is 10.9. The third kappa shape index (κ3) is 5.04. The van der Waals surface area contributed by atoms with E-state index in [0.717, 1.165) is 54.8 Å². The van der Waals surface area contributed by atoms with Crippen LogP contribution in [0.5, 0.6) is 0 Å². The summed E-state index contributed by atoms with van der Waals surface area (Å²) in [5.74, 6) is 5.36. The molecule has 208 valence electrons. The van der Waals surface area contributed by atoms with E-state index in [-0.39, 0.29) is 19.3 Å². The monoisotopic (exact) mass is 504 g/mol. The Balaban J connectivity index is 1.40. The van der Waals surface area contributed by atoms with Gasteiger partial charge >= 0.3 is 5.97 Å². The average molecular weight is 505 g/mol. The van der Waals surface area contributed by atoms with Gasteiger partial charge in [0.05, 0.1) is 13.2 Å². The first-order valence-electron chi connectivity index (χ1n) is 15.4. The van der Waals surface area contributed by atoms with Crippen LogP contribution in [0.3, 0.4) is 0 Å². The SMILES string of the molecule is CC(C)CCC[C@@H](C)[C@H]1CCC2C3CC[C@@H]4C[C@H](OC(=O)C(C)(CO)CO)CC[C@]4(C)C3CC[C@@]21C. The van der Waals surface area contributed by atoms with Crippen molar-refractivity contribution in [1.29, 1.82) is 0 Å². The molecule has 0 aromatic carbocycles. The lowest BCUT2D eigenvalue weighted by atomic mass is 9.44. The van der Waals surface area contributed by atoms with Crippen LogP contribution in [0.25, 0.3) is 0 Å². The fourth-order valence-corrected chi connectivity index (χ4v) is 9.82. The quantitative estimate of drug-likeness (QED) is 0.331. The average Bonchev–Trinajstić information content (AvgIpc) is 3.20. The van der Waals surface area contributed by atoms with Gasteiger partial charge < -0.3 is 14.9 Å². The lowest BCUT2D eigenvalue weighted by Crippen LogP contribution is -2.54. The Hall–Kier alpha value is -0.610. The molecule has 0 radical (unpaired) electrons. The molecule has 4 nitrogen and oxygen atoms in total. The molecule has 4 saturated carbocycles. The molecule has 0 amide bonds. The van der Waals surface area contributed by atoms with Crippen LogP contribution in [0.2, 0.25) is 0 Å². The van der Waals surface area contributed by atoms with Gasteiger partial charge in [0.25, 0.3) is 0 Å². The van der Waals surface area contributed by atoms with E-state index in [2.05, 4.69) is 34.6 Å². The van der Waals surface area contributed by atoms with Gasteiger partial charge in [-0.15, -0.1) is 0 Å². The van der Waals surface area contributed by atoms with Gasteiger partial charge in [-0.2, -0.15) is 0 Å². The van der Waals surface area contributed by atoms with Gasteiger partial charge in [-0.1, -0.05) is 53.9 Å². The predicted molar refractivity (Wildman–Crippen MR) is 145 cm³/mol. The second-order valence-electron chi connectivity index (χ2n) is 14.9. The van der Waals surface area contributed by atoms with Crippen molar-refractivity contribution >= 4 is 5.97 Å². The smallest absolute Gasteiger partial charge is 0.316 e. The molecule has 0 bridgehead atoms. The van der Waals surface area contributed by atoms with Crippen molar-refractivity contribution in [2.75, 3.05) is 13.2 Å². The Morgan fingerprint density at radius 2 is 1.58 bits per heavy atom. The van der Waals surface area contributed by atoms with Crippen LogP contribution in [0, 0.1) is 57.7 Å². The van der Waals surface area contributed by atoms with E-state index in [0.29, 0.717) is 16.7 Å². The molecule has 4 heteroatoms. The van der Waals surface area contributed by atoms with Crippen LogP contribution in [-0.4, -0.2) is 35.5 Å². The molecule has 0 heterocycles. The molecule has 0 aromatic rings. The summed E-state index contributed by atoms with van der Waals surface area (Å²) in [5.41, 5.74) is -0.296. The Morgan fingerprint density at radius 3 is 2.25 bits per heavy atom. The Bertz CT molecular complexity index is 759. The zero-order valence-electron chi connectivity index (χ0n) is 24.2. The molecular formula is C32H56O4. The van der Waals surface area contributed by atoms with Gasteiger partial charge in [0.15, 0.2) is 0 Å². The fourth-order valence-electron chi connectivity index (χ4n) is 9.82. The first-order chi connectivity index (χ1) is 17.0. The Kier molecular flexibility index (Phi) is 8.58. The van der Waals surface area contributed by atoms with Gasteiger partial charge in [0.1, 0.15) is 11.5 Å². The highest BCUT2D eigenvalue weighted by molar-refractivity contribution is 5.76. The van der Waals surface area contributed by atoms with Crippen molar-refractivity contribution in [3.63, 3.8) is 0 Å². The molecule has 4 aliphatic carbocycles. The minimum absolute atomic E-state index is 0.0686. The molecule has 0 saturated heterocycles. The number of aliphatic hydroxyl groups is 2. The van der Waals surface area contributed by atoms with Crippen molar-refractivity contribution in [2.24, 2.45) is 57.7 Å². The molecule has 4 aliphatic rings. The molecule has 9 atom stereocenters. The number of ether oxygens (including phenoxy) is 1. The van der Waals surface area contributed by atoms with Crippen LogP contribution in [0.15, 0.2) is 0 Å². The number of hydrogen-bond donors (Lipinski definition) is 2. The van der Waals surface area contributed by atoms with E-state index >= 15 is 0 Å². The molecule has 36 heavy (non-hydrogen) atoms. The Morgan fingerprint density at radius 1 is 0.917 bits per heavy atom. The number of carbonyl (C=O) groups is 1. The number of carbonyl (C=O) groups excluding carboxylic acids is 1.